The summed E-state index contributed by atoms with van der Waals surface area (Å²) in [6.45, 7) is 1.91. The number of rotatable bonds is 2. The molecule has 0 spiro atoms. The van der Waals surface area contributed by atoms with Crippen LogP contribution in [-0.2, 0) is 4.84 Å². The van der Waals surface area contributed by atoms with E-state index in [1.165, 1.54) is 23.5 Å². The van der Waals surface area contributed by atoms with Crippen molar-refractivity contribution in [2.24, 2.45) is 0 Å². The lowest BCUT2D eigenvalue weighted by Crippen LogP contribution is -2.24. The van der Waals surface area contributed by atoms with Crippen molar-refractivity contribution in [3.8, 4) is 0 Å². The van der Waals surface area contributed by atoms with Crippen molar-refractivity contribution < 1.29 is 9.63 Å². The topological polar surface area (TPSA) is 29.5 Å². The van der Waals surface area contributed by atoms with Gasteiger partial charge in [-0.15, -0.1) is 11.3 Å². The first-order chi connectivity index (χ1) is 5.66. The number of hydrogen-bond donors (Lipinski definition) is 0. The van der Waals surface area contributed by atoms with Gasteiger partial charge >= 0.3 is 0 Å². The van der Waals surface area contributed by atoms with Crippen LogP contribution >= 0.6 is 11.3 Å². The van der Waals surface area contributed by atoms with Crippen LogP contribution in [0.1, 0.15) is 15.2 Å². The Balaban J connectivity index is 2.85. The second kappa shape index (κ2) is 3.69. The van der Waals surface area contributed by atoms with Gasteiger partial charge in [-0.3, -0.25) is 9.63 Å². The van der Waals surface area contributed by atoms with Crippen LogP contribution in [0.4, 0.5) is 0 Å². The molecule has 1 heterocycles. The summed E-state index contributed by atoms with van der Waals surface area (Å²) in [4.78, 5) is 17.0. The number of thiophene rings is 1. The van der Waals surface area contributed by atoms with Gasteiger partial charge in [-0.2, -0.15) is 0 Å². The Hall–Kier alpha value is -0.870. The molecule has 0 radical (unpaired) electrons. The number of carbonyl (C=O) groups excluding carboxylic acids is 1. The van der Waals surface area contributed by atoms with Crippen molar-refractivity contribution in [1.82, 2.24) is 5.06 Å². The molecule has 0 unspecified atom stereocenters. The highest BCUT2D eigenvalue weighted by Gasteiger charge is 2.14. The maximum Gasteiger partial charge on any atom is 0.287 e. The minimum atomic E-state index is -0.0926. The normalized spacial score (nSPS) is 9.92. The van der Waals surface area contributed by atoms with E-state index in [-0.39, 0.29) is 5.91 Å². The van der Waals surface area contributed by atoms with E-state index in [1.807, 2.05) is 18.4 Å². The molecule has 0 saturated carbocycles. The minimum absolute atomic E-state index is 0.0926. The number of carbonyl (C=O) groups is 1. The molecule has 0 fully saturated rings. The van der Waals surface area contributed by atoms with E-state index in [0.717, 1.165) is 10.4 Å². The molecule has 12 heavy (non-hydrogen) atoms. The minimum Gasteiger partial charge on any atom is -0.274 e. The third-order valence-corrected chi connectivity index (χ3v) is 2.62. The summed E-state index contributed by atoms with van der Waals surface area (Å²) >= 11 is 1.43. The first-order valence-electron chi connectivity index (χ1n) is 3.53. The van der Waals surface area contributed by atoms with Crippen molar-refractivity contribution in [1.29, 1.82) is 0 Å². The maximum atomic E-state index is 11.5. The van der Waals surface area contributed by atoms with Gasteiger partial charge in [-0.1, -0.05) is 0 Å². The highest BCUT2D eigenvalue weighted by atomic mass is 32.1. The molecule has 1 rings (SSSR count). The van der Waals surface area contributed by atoms with Gasteiger partial charge in [-0.25, -0.2) is 5.06 Å². The van der Waals surface area contributed by atoms with Crippen molar-refractivity contribution in [3.05, 3.63) is 21.9 Å². The molecule has 1 aromatic heterocycles. The predicted molar refractivity (Wildman–Crippen MR) is 48.2 cm³/mol. The van der Waals surface area contributed by atoms with Crippen LogP contribution in [0, 0.1) is 6.92 Å². The molecule has 0 aliphatic heterocycles. The van der Waals surface area contributed by atoms with E-state index >= 15 is 0 Å². The summed E-state index contributed by atoms with van der Waals surface area (Å²) in [7, 11) is 3.07. The van der Waals surface area contributed by atoms with Crippen molar-refractivity contribution in [2.45, 2.75) is 6.92 Å². The van der Waals surface area contributed by atoms with E-state index in [1.54, 1.807) is 7.05 Å². The molecule has 1 amide bonds. The fourth-order valence-corrected chi connectivity index (χ4v) is 1.71. The molecule has 0 saturated heterocycles. The average molecular weight is 185 g/mol. The third-order valence-electron chi connectivity index (χ3n) is 1.62. The standard InChI is InChI=1S/C8H11NO2S/c1-6-4-5-12-7(6)8(10)9(2)11-3/h4-5H,1-3H3. The summed E-state index contributed by atoms with van der Waals surface area (Å²) in [5.41, 5.74) is 0.994. The average Bonchev–Trinajstić information content (AvgIpc) is 2.48. The molecule has 66 valence electrons. The fraction of sp³-hybridized carbons (Fsp3) is 0.375. The molecule has 0 N–H and O–H groups in total. The summed E-state index contributed by atoms with van der Waals surface area (Å²) < 4.78 is 0. The van der Waals surface area contributed by atoms with Gasteiger partial charge in [0.1, 0.15) is 0 Å². The van der Waals surface area contributed by atoms with Crippen LogP contribution in [0.25, 0.3) is 0 Å². The highest BCUT2D eigenvalue weighted by molar-refractivity contribution is 7.12. The Labute approximate surface area is 75.5 Å². The van der Waals surface area contributed by atoms with Gasteiger partial charge in [0, 0.05) is 7.05 Å². The van der Waals surface area contributed by atoms with Crippen LogP contribution in [0.3, 0.4) is 0 Å². The number of hydroxylamine groups is 2. The highest BCUT2D eigenvalue weighted by Crippen LogP contribution is 2.16. The van der Waals surface area contributed by atoms with Crippen LogP contribution in [0.15, 0.2) is 11.4 Å². The summed E-state index contributed by atoms with van der Waals surface area (Å²) in [6, 6.07) is 1.92. The van der Waals surface area contributed by atoms with E-state index in [0.29, 0.717) is 0 Å². The van der Waals surface area contributed by atoms with E-state index in [4.69, 9.17) is 4.84 Å². The molecule has 0 bridgehead atoms. The first kappa shape index (κ1) is 9.22. The predicted octanol–water partition coefficient (Wildman–Crippen LogP) is 1.69. The van der Waals surface area contributed by atoms with E-state index in [9.17, 15) is 4.79 Å². The Morgan fingerprint density at radius 1 is 1.67 bits per heavy atom. The van der Waals surface area contributed by atoms with Gasteiger partial charge in [-0.05, 0) is 23.9 Å². The Morgan fingerprint density at radius 2 is 2.33 bits per heavy atom. The van der Waals surface area contributed by atoms with Crippen LogP contribution in [-0.4, -0.2) is 25.1 Å². The summed E-state index contributed by atoms with van der Waals surface area (Å²) in [5, 5.41) is 3.12. The molecule has 1 aromatic rings. The van der Waals surface area contributed by atoms with Crippen LogP contribution in [0.5, 0.6) is 0 Å². The van der Waals surface area contributed by atoms with Gasteiger partial charge < -0.3 is 0 Å². The monoisotopic (exact) mass is 185 g/mol. The van der Waals surface area contributed by atoms with Gasteiger partial charge in [0.2, 0.25) is 0 Å². The number of amides is 1. The van der Waals surface area contributed by atoms with E-state index < -0.39 is 0 Å². The third kappa shape index (κ3) is 1.65. The van der Waals surface area contributed by atoms with Gasteiger partial charge in [0.25, 0.3) is 5.91 Å². The van der Waals surface area contributed by atoms with E-state index in [2.05, 4.69) is 0 Å². The van der Waals surface area contributed by atoms with Crippen molar-refractivity contribution in [3.63, 3.8) is 0 Å². The van der Waals surface area contributed by atoms with Gasteiger partial charge in [0.05, 0.1) is 12.0 Å². The number of hydrogen-bond acceptors (Lipinski definition) is 3. The molecule has 0 aliphatic carbocycles. The van der Waals surface area contributed by atoms with Crippen LogP contribution < -0.4 is 0 Å². The molecule has 4 heteroatoms. The maximum absolute atomic E-state index is 11.5. The SMILES string of the molecule is CON(C)C(=O)c1sccc1C. The summed E-state index contributed by atoms with van der Waals surface area (Å²) in [5.74, 6) is -0.0926. The second-order valence-electron chi connectivity index (χ2n) is 2.42. The van der Waals surface area contributed by atoms with Gasteiger partial charge in [0.15, 0.2) is 0 Å². The van der Waals surface area contributed by atoms with Crippen molar-refractivity contribution in [2.75, 3.05) is 14.2 Å². The molecule has 0 aliphatic rings. The lowest BCUT2D eigenvalue weighted by atomic mass is 10.3. The van der Waals surface area contributed by atoms with Crippen molar-refractivity contribution >= 4 is 17.2 Å². The Morgan fingerprint density at radius 3 is 2.75 bits per heavy atom. The molecule has 0 atom stereocenters. The zero-order valence-electron chi connectivity index (χ0n) is 7.33. The zero-order chi connectivity index (χ0) is 9.14. The number of nitrogens with zero attached hydrogens (tertiary/aromatic N) is 1. The smallest absolute Gasteiger partial charge is 0.274 e. The lowest BCUT2D eigenvalue weighted by molar-refractivity contribution is -0.0754. The summed E-state index contributed by atoms with van der Waals surface area (Å²) in [6.07, 6.45) is 0. The molecule has 3 nitrogen and oxygen atoms in total. The Kier molecular flexibility index (Phi) is 2.83. The molecule has 0 aromatic carbocycles. The Bertz CT molecular complexity index is 282. The zero-order valence-corrected chi connectivity index (χ0v) is 8.14. The molecular weight excluding hydrogens is 174 g/mol. The van der Waals surface area contributed by atoms with Crippen LogP contribution in [0.2, 0.25) is 0 Å². The first-order valence-corrected chi connectivity index (χ1v) is 4.41. The molecular formula is C8H11NO2S. The lowest BCUT2D eigenvalue weighted by Gasteiger charge is -2.12. The second-order valence-corrected chi connectivity index (χ2v) is 3.33. The fourth-order valence-electron chi connectivity index (χ4n) is 0.818. The quantitative estimate of drug-likeness (QED) is 0.656. The number of aryl methyl sites for hydroxylation is 1. The largest absolute Gasteiger partial charge is 0.287 e.